The molecule has 3 nitrogen and oxygen atoms in total. The van der Waals surface area contributed by atoms with Crippen LogP contribution in [0.25, 0.3) is 0 Å². The zero-order valence-corrected chi connectivity index (χ0v) is 11.8. The molecule has 1 amide bonds. The van der Waals surface area contributed by atoms with Crippen molar-refractivity contribution < 1.29 is 4.79 Å². The van der Waals surface area contributed by atoms with Crippen LogP contribution in [0, 0.1) is 17.8 Å². The zero-order chi connectivity index (χ0) is 13.4. The van der Waals surface area contributed by atoms with E-state index >= 15 is 0 Å². The monoisotopic (exact) mass is 262 g/mol. The van der Waals surface area contributed by atoms with Gasteiger partial charge in [0.05, 0.1) is 5.92 Å². The Labute approximate surface area is 116 Å². The van der Waals surface area contributed by atoms with E-state index in [1.54, 1.807) is 0 Å². The molecule has 0 saturated heterocycles. The molecule has 106 valence electrons. The number of rotatable bonds is 4. The summed E-state index contributed by atoms with van der Waals surface area (Å²) in [6, 6.07) is 0.553. The Morgan fingerprint density at radius 2 is 1.89 bits per heavy atom. The largest absolute Gasteiger partial charge is 0.336 e. The van der Waals surface area contributed by atoms with Crippen molar-refractivity contribution in [3.63, 3.8) is 0 Å². The number of nitrogens with two attached hydrogens (primary N) is 1. The van der Waals surface area contributed by atoms with Crippen LogP contribution in [0.3, 0.4) is 0 Å². The highest BCUT2D eigenvalue weighted by atomic mass is 16.2. The maximum absolute atomic E-state index is 12.9. The Bertz CT molecular complexity index is 360. The van der Waals surface area contributed by atoms with E-state index in [0.29, 0.717) is 30.3 Å². The Balaban J connectivity index is 1.74. The van der Waals surface area contributed by atoms with E-state index in [1.807, 2.05) is 6.08 Å². The Kier molecular flexibility index (Phi) is 3.66. The second kappa shape index (κ2) is 5.28. The molecule has 4 atom stereocenters. The van der Waals surface area contributed by atoms with E-state index in [4.69, 9.17) is 5.73 Å². The number of nitrogens with zero attached hydrogens (tertiary/aromatic N) is 1. The van der Waals surface area contributed by atoms with Crippen molar-refractivity contribution >= 4 is 5.91 Å². The molecule has 4 unspecified atom stereocenters. The molecule has 2 N–H and O–H groups in total. The van der Waals surface area contributed by atoms with Gasteiger partial charge in [-0.25, -0.2) is 0 Å². The van der Waals surface area contributed by atoms with Crippen molar-refractivity contribution in [2.75, 3.05) is 6.54 Å². The van der Waals surface area contributed by atoms with Crippen LogP contribution < -0.4 is 5.73 Å². The minimum atomic E-state index is 0.0966. The fourth-order valence-corrected chi connectivity index (χ4v) is 4.67. The van der Waals surface area contributed by atoms with Crippen molar-refractivity contribution in [2.45, 2.75) is 57.0 Å². The maximum atomic E-state index is 12.9. The van der Waals surface area contributed by atoms with E-state index in [1.165, 1.54) is 32.1 Å². The van der Waals surface area contributed by atoms with Crippen LogP contribution in [-0.4, -0.2) is 29.4 Å². The lowest BCUT2D eigenvalue weighted by molar-refractivity contribution is -0.139. The van der Waals surface area contributed by atoms with Crippen LogP contribution in [0.15, 0.2) is 12.7 Å². The first-order chi connectivity index (χ1) is 9.22. The topological polar surface area (TPSA) is 46.3 Å². The molecule has 3 fully saturated rings. The molecule has 3 rings (SSSR count). The molecule has 3 saturated carbocycles. The summed E-state index contributed by atoms with van der Waals surface area (Å²) in [5.74, 6) is 1.58. The molecule has 0 heterocycles. The average molecular weight is 262 g/mol. The highest BCUT2D eigenvalue weighted by Gasteiger charge is 2.50. The summed E-state index contributed by atoms with van der Waals surface area (Å²) >= 11 is 0. The van der Waals surface area contributed by atoms with Gasteiger partial charge < -0.3 is 10.6 Å². The van der Waals surface area contributed by atoms with Crippen molar-refractivity contribution in [3.8, 4) is 0 Å². The number of hydrogen-bond acceptors (Lipinski definition) is 2. The highest BCUT2D eigenvalue weighted by molar-refractivity contribution is 5.81. The SMILES string of the molecule is C=CCN(C(=O)C1C2CCC(C2)C1N)C1CCCC1. The fourth-order valence-electron chi connectivity index (χ4n) is 4.67. The highest BCUT2D eigenvalue weighted by Crippen LogP contribution is 2.48. The average Bonchev–Trinajstić information content (AvgIpc) is 3.11. The molecule has 2 bridgehead atoms. The van der Waals surface area contributed by atoms with E-state index in [9.17, 15) is 4.79 Å². The molecular formula is C16H26N2O. The summed E-state index contributed by atoms with van der Waals surface area (Å²) in [4.78, 5) is 15.0. The molecule has 0 aliphatic heterocycles. The van der Waals surface area contributed by atoms with Crippen LogP contribution in [0.5, 0.6) is 0 Å². The first-order valence-corrected chi connectivity index (χ1v) is 7.89. The molecule has 19 heavy (non-hydrogen) atoms. The van der Waals surface area contributed by atoms with Crippen molar-refractivity contribution in [1.29, 1.82) is 0 Å². The summed E-state index contributed by atoms with van der Waals surface area (Å²) in [5, 5.41) is 0. The summed E-state index contributed by atoms with van der Waals surface area (Å²) in [6.45, 7) is 4.52. The number of amides is 1. The smallest absolute Gasteiger partial charge is 0.228 e. The van der Waals surface area contributed by atoms with Gasteiger partial charge in [0, 0.05) is 18.6 Å². The van der Waals surface area contributed by atoms with Crippen LogP contribution in [-0.2, 0) is 4.79 Å². The molecule has 0 aromatic carbocycles. The van der Waals surface area contributed by atoms with Crippen LogP contribution in [0.2, 0.25) is 0 Å². The third kappa shape index (κ3) is 2.22. The summed E-state index contributed by atoms with van der Waals surface area (Å²) in [7, 11) is 0. The standard InChI is InChI=1S/C16H26N2O/c1-2-9-18(13-5-3-4-6-13)16(19)14-11-7-8-12(10-11)15(14)17/h2,11-15H,1,3-10,17H2. The van der Waals surface area contributed by atoms with E-state index in [-0.39, 0.29) is 12.0 Å². The molecule has 0 radical (unpaired) electrons. The lowest BCUT2D eigenvalue weighted by atomic mass is 9.83. The third-order valence-electron chi connectivity index (χ3n) is 5.64. The molecule has 0 spiro atoms. The molecule has 0 aromatic rings. The van der Waals surface area contributed by atoms with Gasteiger partial charge >= 0.3 is 0 Å². The maximum Gasteiger partial charge on any atom is 0.228 e. The summed E-state index contributed by atoms with van der Waals surface area (Å²) in [6.07, 6.45) is 10.3. The second-order valence-corrected chi connectivity index (χ2v) is 6.65. The van der Waals surface area contributed by atoms with E-state index < -0.39 is 0 Å². The summed E-state index contributed by atoms with van der Waals surface area (Å²) in [5.41, 5.74) is 6.32. The first kappa shape index (κ1) is 13.2. The Morgan fingerprint density at radius 3 is 2.47 bits per heavy atom. The summed E-state index contributed by atoms with van der Waals surface area (Å²) < 4.78 is 0. The number of carbonyl (C=O) groups excluding carboxylic acids is 1. The number of hydrogen-bond donors (Lipinski definition) is 1. The predicted octanol–water partition coefficient (Wildman–Crippen LogP) is 2.32. The van der Waals surface area contributed by atoms with Gasteiger partial charge in [0.25, 0.3) is 0 Å². The molecule has 3 aliphatic rings. The number of fused-ring (bicyclic) bond motifs is 2. The second-order valence-electron chi connectivity index (χ2n) is 6.65. The van der Waals surface area contributed by atoms with Gasteiger partial charge in [-0.05, 0) is 43.9 Å². The number of carbonyl (C=O) groups is 1. The van der Waals surface area contributed by atoms with Gasteiger partial charge in [0.15, 0.2) is 0 Å². The van der Waals surface area contributed by atoms with Crippen LogP contribution in [0.1, 0.15) is 44.9 Å². The fraction of sp³-hybridized carbons (Fsp3) is 0.812. The lowest BCUT2D eigenvalue weighted by Gasteiger charge is -2.35. The lowest BCUT2D eigenvalue weighted by Crippen LogP contribution is -2.49. The van der Waals surface area contributed by atoms with Gasteiger partial charge in [-0.15, -0.1) is 6.58 Å². The van der Waals surface area contributed by atoms with Gasteiger partial charge in [-0.3, -0.25) is 4.79 Å². The van der Waals surface area contributed by atoms with Crippen LogP contribution >= 0.6 is 0 Å². The minimum Gasteiger partial charge on any atom is -0.336 e. The third-order valence-corrected chi connectivity index (χ3v) is 5.64. The Morgan fingerprint density at radius 1 is 1.21 bits per heavy atom. The van der Waals surface area contributed by atoms with Crippen LogP contribution in [0.4, 0.5) is 0 Å². The zero-order valence-electron chi connectivity index (χ0n) is 11.8. The van der Waals surface area contributed by atoms with E-state index in [2.05, 4.69) is 11.5 Å². The van der Waals surface area contributed by atoms with Gasteiger partial charge in [0.2, 0.25) is 5.91 Å². The molecule has 3 heteroatoms. The molecular weight excluding hydrogens is 236 g/mol. The Hall–Kier alpha value is -0.830. The van der Waals surface area contributed by atoms with Gasteiger partial charge in [-0.2, -0.15) is 0 Å². The van der Waals surface area contributed by atoms with Crippen molar-refractivity contribution in [2.24, 2.45) is 23.5 Å². The van der Waals surface area contributed by atoms with Gasteiger partial charge in [-0.1, -0.05) is 18.9 Å². The molecule has 0 aromatic heterocycles. The van der Waals surface area contributed by atoms with Crippen molar-refractivity contribution in [3.05, 3.63) is 12.7 Å². The predicted molar refractivity (Wildman–Crippen MR) is 76.5 cm³/mol. The quantitative estimate of drug-likeness (QED) is 0.790. The first-order valence-electron chi connectivity index (χ1n) is 7.89. The normalized spacial score (nSPS) is 37.7. The molecule has 3 aliphatic carbocycles. The minimum absolute atomic E-state index is 0.0966. The van der Waals surface area contributed by atoms with Crippen molar-refractivity contribution in [1.82, 2.24) is 4.90 Å². The van der Waals surface area contributed by atoms with E-state index in [0.717, 1.165) is 12.8 Å². The van der Waals surface area contributed by atoms with Gasteiger partial charge in [0.1, 0.15) is 0 Å².